The summed E-state index contributed by atoms with van der Waals surface area (Å²) in [7, 11) is 1.72. The molecule has 2 aromatic rings. The molecular formula is C20H21F4N3O. The molecule has 2 aliphatic carbocycles. The summed E-state index contributed by atoms with van der Waals surface area (Å²) in [5.41, 5.74) is 0.366. The van der Waals surface area contributed by atoms with E-state index in [1.165, 1.54) is 12.1 Å². The Morgan fingerprint density at radius 2 is 1.89 bits per heavy atom. The molecule has 2 saturated carbocycles. The van der Waals surface area contributed by atoms with Crippen molar-refractivity contribution in [2.24, 2.45) is 18.4 Å². The first kappa shape index (κ1) is 19.0. The molecule has 0 aliphatic heterocycles. The molecule has 1 heterocycles. The number of carbonyl (C=O) groups excluding carboxylic acids is 1. The van der Waals surface area contributed by atoms with Crippen molar-refractivity contribution in [2.75, 3.05) is 5.32 Å². The normalized spacial score (nSPS) is 24.7. The van der Waals surface area contributed by atoms with Crippen molar-refractivity contribution >= 4 is 11.7 Å². The number of hydrogen-bond acceptors (Lipinski definition) is 2. The molecule has 0 bridgehead atoms. The Morgan fingerprint density at radius 1 is 1.25 bits per heavy atom. The average molecular weight is 395 g/mol. The number of anilines is 1. The van der Waals surface area contributed by atoms with E-state index in [4.69, 9.17) is 0 Å². The first-order chi connectivity index (χ1) is 13.1. The van der Waals surface area contributed by atoms with E-state index in [1.807, 2.05) is 0 Å². The molecule has 0 spiro atoms. The number of alkyl halides is 3. The smallest absolute Gasteiger partial charge is 0.309 e. The van der Waals surface area contributed by atoms with Gasteiger partial charge in [0, 0.05) is 18.2 Å². The van der Waals surface area contributed by atoms with Crippen molar-refractivity contribution in [1.82, 2.24) is 9.78 Å². The number of halogens is 4. The SMILES string of the molecule is Cn1nc(NC(=O)[C@H]2C[C@]2(C)C(F)(F)F)c(C2CCC2)c1-c1ccc(F)cc1. The topological polar surface area (TPSA) is 46.9 Å². The molecule has 2 aliphatic rings. The van der Waals surface area contributed by atoms with Crippen molar-refractivity contribution in [3.8, 4) is 11.3 Å². The predicted octanol–water partition coefficient (Wildman–Crippen LogP) is 5.02. The molecule has 8 heteroatoms. The first-order valence-corrected chi connectivity index (χ1v) is 9.32. The van der Waals surface area contributed by atoms with Crippen molar-refractivity contribution < 1.29 is 22.4 Å². The fourth-order valence-electron chi connectivity index (χ4n) is 3.93. The number of benzene rings is 1. The van der Waals surface area contributed by atoms with E-state index in [-0.39, 0.29) is 18.2 Å². The van der Waals surface area contributed by atoms with Crippen LogP contribution in [0, 0.1) is 17.2 Å². The number of aryl methyl sites for hydroxylation is 1. The average Bonchev–Trinajstić information content (AvgIpc) is 3.18. The fraction of sp³-hybridized carbons (Fsp3) is 0.500. The van der Waals surface area contributed by atoms with Crippen LogP contribution in [0.4, 0.5) is 23.4 Å². The van der Waals surface area contributed by atoms with E-state index in [2.05, 4.69) is 10.4 Å². The summed E-state index contributed by atoms with van der Waals surface area (Å²) in [5, 5.41) is 7.03. The van der Waals surface area contributed by atoms with E-state index in [0.29, 0.717) is 5.82 Å². The molecular weight excluding hydrogens is 374 g/mol. The minimum Gasteiger partial charge on any atom is -0.309 e. The van der Waals surface area contributed by atoms with E-state index < -0.39 is 23.4 Å². The summed E-state index contributed by atoms with van der Waals surface area (Å²) < 4.78 is 54.3. The first-order valence-electron chi connectivity index (χ1n) is 9.32. The Kier molecular flexibility index (Phi) is 4.28. The van der Waals surface area contributed by atoms with Gasteiger partial charge in [0.25, 0.3) is 0 Å². The van der Waals surface area contributed by atoms with Gasteiger partial charge in [0.1, 0.15) is 5.82 Å². The molecule has 0 saturated heterocycles. The van der Waals surface area contributed by atoms with Crippen LogP contribution in [0.5, 0.6) is 0 Å². The highest BCUT2D eigenvalue weighted by Crippen LogP contribution is 2.62. The van der Waals surface area contributed by atoms with Gasteiger partial charge in [-0.2, -0.15) is 18.3 Å². The van der Waals surface area contributed by atoms with Gasteiger partial charge >= 0.3 is 6.18 Å². The van der Waals surface area contributed by atoms with Gasteiger partial charge in [-0.15, -0.1) is 0 Å². The van der Waals surface area contributed by atoms with Gasteiger partial charge in [-0.1, -0.05) is 13.3 Å². The quantitative estimate of drug-likeness (QED) is 0.739. The monoisotopic (exact) mass is 395 g/mol. The van der Waals surface area contributed by atoms with E-state index in [9.17, 15) is 22.4 Å². The zero-order valence-corrected chi connectivity index (χ0v) is 15.6. The highest BCUT2D eigenvalue weighted by Gasteiger charge is 2.70. The van der Waals surface area contributed by atoms with E-state index >= 15 is 0 Å². The van der Waals surface area contributed by atoms with Crippen LogP contribution in [0.1, 0.15) is 44.1 Å². The molecule has 1 amide bonds. The summed E-state index contributed by atoms with van der Waals surface area (Å²) in [6.07, 6.45) is -1.72. The Hall–Kier alpha value is -2.38. The van der Waals surface area contributed by atoms with Crippen molar-refractivity contribution in [1.29, 1.82) is 0 Å². The van der Waals surface area contributed by atoms with Crippen LogP contribution in [0.2, 0.25) is 0 Å². The number of nitrogens with zero attached hydrogens (tertiary/aromatic N) is 2. The van der Waals surface area contributed by atoms with Crippen LogP contribution in [0.15, 0.2) is 24.3 Å². The zero-order valence-electron chi connectivity index (χ0n) is 15.6. The van der Waals surface area contributed by atoms with Gasteiger partial charge in [0.2, 0.25) is 5.91 Å². The van der Waals surface area contributed by atoms with Gasteiger partial charge in [-0.05, 0) is 49.4 Å². The molecule has 1 aromatic carbocycles. The molecule has 150 valence electrons. The molecule has 2 atom stereocenters. The van der Waals surface area contributed by atoms with Gasteiger partial charge in [0.15, 0.2) is 5.82 Å². The lowest BCUT2D eigenvalue weighted by Crippen LogP contribution is -2.28. The second kappa shape index (κ2) is 6.32. The number of amides is 1. The Bertz CT molecular complexity index is 915. The number of carbonyl (C=O) groups is 1. The number of rotatable bonds is 4. The standard InChI is InChI=1S/C20H21F4N3O/c1-19(20(22,23)24)10-14(19)18(28)25-17-15(11-4-3-5-11)16(27(2)26-17)12-6-8-13(21)9-7-12/h6-9,11,14H,3-5,10H2,1-2H3,(H,25,26,28)/t14-,19+/m1/s1. The zero-order chi connectivity index (χ0) is 20.3. The Balaban J connectivity index is 1.66. The van der Waals surface area contributed by atoms with Crippen molar-refractivity contribution in [2.45, 2.75) is 44.7 Å². The summed E-state index contributed by atoms with van der Waals surface area (Å²) in [6, 6.07) is 5.98. The van der Waals surface area contributed by atoms with Crippen LogP contribution < -0.4 is 5.32 Å². The molecule has 1 N–H and O–H groups in total. The van der Waals surface area contributed by atoms with Crippen molar-refractivity contribution in [3.63, 3.8) is 0 Å². The third kappa shape index (κ3) is 2.99. The number of aromatic nitrogens is 2. The minimum absolute atomic E-state index is 0.178. The lowest BCUT2D eigenvalue weighted by Gasteiger charge is -2.27. The van der Waals surface area contributed by atoms with Gasteiger partial charge < -0.3 is 5.32 Å². The van der Waals surface area contributed by atoms with Crippen LogP contribution in [0.3, 0.4) is 0 Å². The molecule has 0 radical (unpaired) electrons. The highest BCUT2D eigenvalue weighted by molar-refractivity contribution is 5.96. The molecule has 2 fully saturated rings. The summed E-state index contributed by atoms with van der Waals surface area (Å²) in [5.74, 6) is -1.61. The van der Waals surface area contributed by atoms with Crippen LogP contribution >= 0.6 is 0 Å². The molecule has 0 unspecified atom stereocenters. The second-order valence-electron chi connectivity index (χ2n) is 8.03. The maximum atomic E-state index is 13.3. The fourth-order valence-corrected chi connectivity index (χ4v) is 3.93. The third-order valence-corrected chi connectivity index (χ3v) is 6.16. The molecule has 28 heavy (non-hydrogen) atoms. The van der Waals surface area contributed by atoms with Gasteiger partial charge in [-0.25, -0.2) is 4.39 Å². The maximum absolute atomic E-state index is 13.3. The van der Waals surface area contributed by atoms with E-state index in [1.54, 1.807) is 23.9 Å². The van der Waals surface area contributed by atoms with Gasteiger partial charge in [0.05, 0.1) is 17.0 Å². The second-order valence-corrected chi connectivity index (χ2v) is 8.03. The summed E-state index contributed by atoms with van der Waals surface area (Å²) >= 11 is 0. The molecule has 4 nitrogen and oxygen atoms in total. The maximum Gasteiger partial charge on any atom is 0.395 e. The van der Waals surface area contributed by atoms with Crippen molar-refractivity contribution in [3.05, 3.63) is 35.6 Å². The van der Waals surface area contributed by atoms with Gasteiger partial charge in [-0.3, -0.25) is 9.48 Å². The number of hydrogen-bond donors (Lipinski definition) is 1. The van der Waals surface area contributed by atoms with Crippen LogP contribution in [-0.2, 0) is 11.8 Å². The highest BCUT2D eigenvalue weighted by atomic mass is 19.4. The lowest BCUT2D eigenvalue weighted by atomic mass is 9.79. The minimum atomic E-state index is -4.41. The summed E-state index contributed by atoms with van der Waals surface area (Å²) in [4.78, 5) is 12.5. The summed E-state index contributed by atoms with van der Waals surface area (Å²) in [6.45, 7) is 1.08. The molecule has 4 rings (SSSR count). The Labute approximate surface area is 159 Å². The Morgan fingerprint density at radius 3 is 2.39 bits per heavy atom. The third-order valence-electron chi connectivity index (χ3n) is 6.16. The predicted molar refractivity (Wildman–Crippen MR) is 96.1 cm³/mol. The van der Waals surface area contributed by atoms with E-state index in [0.717, 1.165) is 43.0 Å². The molecule has 1 aromatic heterocycles. The van der Waals surface area contributed by atoms with Crippen LogP contribution in [0.25, 0.3) is 11.3 Å². The number of nitrogens with one attached hydrogen (secondary N) is 1. The lowest BCUT2D eigenvalue weighted by molar-refractivity contribution is -0.186. The largest absolute Gasteiger partial charge is 0.395 e. The van der Waals surface area contributed by atoms with Crippen LogP contribution in [-0.4, -0.2) is 21.9 Å².